The Morgan fingerprint density at radius 3 is 1.86 bits per heavy atom. The second kappa shape index (κ2) is 5.59. The Kier molecular flexibility index (Phi) is 4.01. The monoisotopic (exact) mass is 188 g/mol. The Hall–Kier alpha value is -2.03. The Balaban J connectivity index is 0.000000146. The van der Waals surface area contributed by atoms with Gasteiger partial charge in [0, 0.05) is 12.4 Å². The topological polar surface area (TPSA) is 59.1 Å². The number of aromatic hydroxyl groups is 1. The minimum absolute atomic E-state index is 0.146. The van der Waals surface area contributed by atoms with E-state index in [9.17, 15) is 0 Å². The van der Waals surface area contributed by atoms with Crippen LogP contribution in [0, 0.1) is 0 Å². The molecule has 2 rings (SSSR count). The molecule has 0 saturated heterocycles. The zero-order chi connectivity index (χ0) is 10.2. The van der Waals surface area contributed by atoms with Gasteiger partial charge in [0.1, 0.15) is 5.75 Å². The van der Waals surface area contributed by atoms with E-state index in [-0.39, 0.29) is 5.75 Å². The van der Waals surface area contributed by atoms with Crippen LogP contribution in [0.2, 0.25) is 0 Å². The molecule has 0 fully saturated rings. The summed E-state index contributed by atoms with van der Waals surface area (Å²) in [6.07, 6.45) is 3.50. The first-order valence-electron chi connectivity index (χ1n) is 4.19. The molecule has 0 spiro atoms. The van der Waals surface area contributed by atoms with Crippen molar-refractivity contribution < 1.29 is 5.11 Å². The number of phenols is 1. The smallest absolute Gasteiger partial charge is 0.138 e. The van der Waals surface area contributed by atoms with E-state index in [1.807, 2.05) is 18.2 Å². The van der Waals surface area contributed by atoms with Crippen molar-refractivity contribution in [1.82, 2.24) is 4.98 Å². The Labute approximate surface area is 82.8 Å². The van der Waals surface area contributed by atoms with E-state index in [0.29, 0.717) is 5.69 Å². The minimum Gasteiger partial charge on any atom is -0.506 e. The number of nitrogens with zero attached hydrogens (tertiary/aromatic N) is 1. The molecule has 2 aromatic rings. The van der Waals surface area contributed by atoms with Crippen LogP contribution >= 0.6 is 0 Å². The molecule has 0 atom stereocenters. The zero-order valence-electron chi connectivity index (χ0n) is 7.67. The van der Waals surface area contributed by atoms with Crippen LogP contribution in [0.5, 0.6) is 5.75 Å². The second-order valence-electron chi connectivity index (χ2n) is 2.58. The van der Waals surface area contributed by atoms with Crippen LogP contribution in [0.4, 0.5) is 5.69 Å². The lowest BCUT2D eigenvalue weighted by molar-refractivity contribution is 0.478. The summed E-state index contributed by atoms with van der Waals surface area (Å²) in [5, 5.41) is 8.79. The molecule has 72 valence electrons. The summed E-state index contributed by atoms with van der Waals surface area (Å²) in [6.45, 7) is 0. The number of benzene rings is 1. The number of hydrogen-bond acceptors (Lipinski definition) is 3. The number of rotatable bonds is 0. The summed E-state index contributed by atoms with van der Waals surface area (Å²) in [5.41, 5.74) is 5.69. The molecule has 14 heavy (non-hydrogen) atoms. The molecule has 3 N–H and O–H groups in total. The lowest BCUT2D eigenvalue weighted by atomic mass is 10.3. The van der Waals surface area contributed by atoms with Gasteiger partial charge in [0.25, 0.3) is 0 Å². The van der Waals surface area contributed by atoms with E-state index in [2.05, 4.69) is 4.98 Å². The van der Waals surface area contributed by atoms with Gasteiger partial charge < -0.3 is 10.8 Å². The van der Waals surface area contributed by atoms with Crippen molar-refractivity contribution in [2.24, 2.45) is 0 Å². The molecule has 3 nitrogen and oxygen atoms in total. The number of nitrogens with two attached hydrogens (primary N) is 1. The number of hydrogen-bond donors (Lipinski definition) is 2. The summed E-state index contributed by atoms with van der Waals surface area (Å²) in [7, 11) is 0. The van der Waals surface area contributed by atoms with Gasteiger partial charge in [-0.1, -0.05) is 18.2 Å². The average molecular weight is 188 g/mol. The van der Waals surface area contributed by atoms with Crippen LogP contribution in [0.25, 0.3) is 0 Å². The van der Waals surface area contributed by atoms with Crippen molar-refractivity contribution in [3.05, 3.63) is 54.9 Å². The van der Waals surface area contributed by atoms with Gasteiger partial charge in [-0.05, 0) is 24.3 Å². The lowest BCUT2D eigenvalue weighted by Crippen LogP contribution is -1.82. The predicted octanol–water partition coefficient (Wildman–Crippen LogP) is 2.06. The van der Waals surface area contributed by atoms with E-state index in [1.165, 1.54) is 0 Å². The summed E-state index contributed by atoms with van der Waals surface area (Å²) in [6, 6.07) is 12.4. The van der Waals surface area contributed by atoms with Crippen molar-refractivity contribution in [3.63, 3.8) is 0 Å². The van der Waals surface area contributed by atoms with Crippen LogP contribution in [0.1, 0.15) is 0 Å². The van der Waals surface area contributed by atoms with Gasteiger partial charge in [-0.15, -0.1) is 0 Å². The molecule has 0 unspecified atom stereocenters. The number of phenolic OH excluding ortho intramolecular Hbond substituents is 1. The van der Waals surface area contributed by atoms with Gasteiger partial charge in [-0.3, -0.25) is 4.98 Å². The molecule has 0 aliphatic heterocycles. The van der Waals surface area contributed by atoms with E-state index in [4.69, 9.17) is 10.8 Å². The fraction of sp³-hybridized carbons (Fsp3) is 0. The van der Waals surface area contributed by atoms with Crippen molar-refractivity contribution in [2.75, 3.05) is 5.73 Å². The van der Waals surface area contributed by atoms with E-state index in [0.717, 1.165) is 0 Å². The van der Waals surface area contributed by atoms with Crippen molar-refractivity contribution in [3.8, 4) is 5.75 Å². The summed E-state index contributed by atoms with van der Waals surface area (Å²) in [5.74, 6) is 0.146. The fourth-order valence-electron chi connectivity index (χ4n) is 0.800. The SMILES string of the molecule is Nc1ccccc1O.c1ccncc1. The first kappa shape index (κ1) is 10.1. The Morgan fingerprint density at radius 1 is 0.929 bits per heavy atom. The molecule has 0 amide bonds. The van der Waals surface area contributed by atoms with Crippen molar-refractivity contribution in [1.29, 1.82) is 0 Å². The molecule has 0 aliphatic rings. The van der Waals surface area contributed by atoms with Gasteiger partial charge in [-0.2, -0.15) is 0 Å². The Bertz CT molecular complexity index is 315. The molecule has 3 heteroatoms. The maximum absolute atomic E-state index is 8.79. The van der Waals surface area contributed by atoms with Crippen LogP contribution in [0.3, 0.4) is 0 Å². The number of nitrogen functional groups attached to an aromatic ring is 1. The quantitative estimate of drug-likeness (QED) is 0.491. The lowest BCUT2D eigenvalue weighted by Gasteiger charge is -1.92. The molecular formula is C11H12N2O. The standard InChI is InChI=1S/C6H7NO.C5H5N/c7-5-3-1-2-4-6(5)8;1-2-4-6-5-3-1/h1-4,8H,7H2;1-5H. The fourth-order valence-corrected chi connectivity index (χ4v) is 0.800. The summed E-state index contributed by atoms with van der Waals surface area (Å²) in [4.78, 5) is 3.78. The molecule has 1 aromatic heterocycles. The highest BCUT2D eigenvalue weighted by molar-refractivity contribution is 5.50. The molecule has 0 aliphatic carbocycles. The molecule has 1 aromatic carbocycles. The predicted molar refractivity (Wildman–Crippen MR) is 56.8 cm³/mol. The molecular weight excluding hydrogens is 176 g/mol. The largest absolute Gasteiger partial charge is 0.506 e. The van der Waals surface area contributed by atoms with Gasteiger partial charge in [0.15, 0.2) is 0 Å². The molecule has 1 heterocycles. The first-order valence-corrected chi connectivity index (χ1v) is 4.19. The third kappa shape index (κ3) is 3.58. The minimum atomic E-state index is 0.146. The zero-order valence-corrected chi connectivity index (χ0v) is 7.67. The van der Waals surface area contributed by atoms with Gasteiger partial charge in [0.05, 0.1) is 5.69 Å². The summed E-state index contributed by atoms with van der Waals surface area (Å²) >= 11 is 0. The number of para-hydroxylation sites is 2. The van der Waals surface area contributed by atoms with Crippen LogP contribution in [0.15, 0.2) is 54.9 Å². The third-order valence-corrected chi connectivity index (χ3v) is 1.50. The van der Waals surface area contributed by atoms with Crippen LogP contribution < -0.4 is 5.73 Å². The van der Waals surface area contributed by atoms with Crippen LogP contribution in [-0.4, -0.2) is 10.1 Å². The number of aromatic nitrogens is 1. The molecule has 0 bridgehead atoms. The number of pyridine rings is 1. The van der Waals surface area contributed by atoms with Gasteiger partial charge >= 0.3 is 0 Å². The second-order valence-corrected chi connectivity index (χ2v) is 2.58. The van der Waals surface area contributed by atoms with Gasteiger partial charge in [0.2, 0.25) is 0 Å². The molecule has 0 saturated carbocycles. The molecule has 0 radical (unpaired) electrons. The van der Waals surface area contributed by atoms with E-state index in [1.54, 1.807) is 36.7 Å². The number of anilines is 1. The Morgan fingerprint density at radius 2 is 1.57 bits per heavy atom. The summed E-state index contributed by atoms with van der Waals surface area (Å²) < 4.78 is 0. The maximum Gasteiger partial charge on any atom is 0.138 e. The highest BCUT2D eigenvalue weighted by Crippen LogP contribution is 2.16. The van der Waals surface area contributed by atoms with Crippen molar-refractivity contribution in [2.45, 2.75) is 0 Å². The maximum atomic E-state index is 8.79. The normalized spacial score (nSPS) is 8.57. The highest BCUT2D eigenvalue weighted by atomic mass is 16.3. The first-order chi connectivity index (χ1) is 6.80. The highest BCUT2D eigenvalue weighted by Gasteiger charge is 1.87. The average Bonchev–Trinajstić information content (AvgIpc) is 2.26. The van der Waals surface area contributed by atoms with E-state index >= 15 is 0 Å². The van der Waals surface area contributed by atoms with E-state index < -0.39 is 0 Å². The van der Waals surface area contributed by atoms with Crippen LogP contribution in [-0.2, 0) is 0 Å². The third-order valence-electron chi connectivity index (χ3n) is 1.50. The van der Waals surface area contributed by atoms with Crippen molar-refractivity contribution >= 4 is 5.69 Å². The van der Waals surface area contributed by atoms with Gasteiger partial charge in [-0.25, -0.2) is 0 Å².